The van der Waals surface area contributed by atoms with Crippen LogP contribution in [-0.4, -0.2) is 22.3 Å². The summed E-state index contributed by atoms with van der Waals surface area (Å²) >= 11 is 6.37. The van der Waals surface area contributed by atoms with Crippen LogP contribution < -0.4 is 0 Å². The SMILES string of the molecule is CC(C)[Si](OCCC[Si](C)(C)Cl)(C(C)C)C(C)C. The van der Waals surface area contributed by atoms with Crippen molar-refractivity contribution < 1.29 is 4.43 Å². The maximum absolute atomic E-state index is 6.51. The minimum atomic E-state index is -1.65. The van der Waals surface area contributed by atoms with E-state index >= 15 is 0 Å². The normalized spacial score (nSPS) is 14.0. The molecule has 4 heteroatoms. The van der Waals surface area contributed by atoms with Crippen molar-refractivity contribution in [3.8, 4) is 0 Å². The van der Waals surface area contributed by atoms with Crippen molar-refractivity contribution in [1.82, 2.24) is 0 Å². The van der Waals surface area contributed by atoms with E-state index in [0.717, 1.165) is 19.1 Å². The van der Waals surface area contributed by atoms with Crippen molar-refractivity contribution in [2.75, 3.05) is 6.61 Å². The number of halogens is 1. The summed E-state index contributed by atoms with van der Waals surface area (Å²) in [6.45, 7) is 19.4. The Kier molecular flexibility index (Phi) is 7.75. The summed E-state index contributed by atoms with van der Waals surface area (Å²) in [5.74, 6) is 0. The van der Waals surface area contributed by atoms with E-state index in [1.54, 1.807) is 0 Å². The molecule has 0 radical (unpaired) electrons. The lowest BCUT2D eigenvalue weighted by Crippen LogP contribution is -2.48. The molecule has 0 N–H and O–H groups in total. The zero-order valence-electron chi connectivity index (χ0n) is 13.6. The van der Waals surface area contributed by atoms with E-state index < -0.39 is 15.7 Å². The van der Waals surface area contributed by atoms with Crippen LogP contribution >= 0.6 is 11.1 Å². The van der Waals surface area contributed by atoms with E-state index in [1.165, 1.54) is 0 Å². The molecule has 0 spiro atoms. The van der Waals surface area contributed by atoms with Gasteiger partial charge in [-0.1, -0.05) is 54.6 Å². The molecule has 0 aliphatic carbocycles. The fourth-order valence-electron chi connectivity index (χ4n) is 3.24. The van der Waals surface area contributed by atoms with Gasteiger partial charge >= 0.3 is 0 Å². The molecule has 0 saturated heterocycles. The Labute approximate surface area is 121 Å². The Bertz CT molecular complexity index is 213. The van der Waals surface area contributed by atoms with Gasteiger partial charge in [0.2, 0.25) is 0 Å². The van der Waals surface area contributed by atoms with Gasteiger partial charge in [-0.15, -0.1) is 0 Å². The summed E-state index contributed by atoms with van der Waals surface area (Å²) in [5.41, 5.74) is 2.04. The summed E-state index contributed by atoms with van der Waals surface area (Å²) in [6.07, 6.45) is 1.13. The molecule has 0 fully saturated rings. The Morgan fingerprint density at radius 1 is 0.889 bits per heavy atom. The Morgan fingerprint density at radius 3 is 1.56 bits per heavy atom. The second-order valence-electron chi connectivity index (χ2n) is 6.99. The number of rotatable bonds is 8. The van der Waals surface area contributed by atoms with Crippen molar-refractivity contribution in [2.45, 2.75) is 83.7 Å². The number of hydrogen-bond acceptors (Lipinski definition) is 1. The highest BCUT2D eigenvalue weighted by molar-refractivity contribution is 7.19. The van der Waals surface area contributed by atoms with Crippen LogP contribution in [0.1, 0.15) is 48.0 Å². The minimum Gasteiger partial charge on any atom is -0.416 e. The lowest BCUT2D eigenvalue weighted by Gasteiger charge is -2.42. The zero-order chi connectivity index (χ0) is 14.6. The van der Waals surface area contributed by atoms with Crippen LogP contribution in [0.3, 0.4) is 0 Å². The first-order chi connectivity index (χ1) is 8.04. The third kappa shape index (κ3) is 5.35. The molecule has 0 amide bonds. The standard InChI is InChI=1S/C14H33ClOSi2/c1-12(2)18(13(3)4,14(5)6)16-10-9-11-17(7,8)15/h12-14H,9-11H2,1-8H3. The molecule has 18 heavy (non-hydrogen) atoms. The van der Waals surface area contributed by atoms with Gasteiger partial charge in [0.1, 0.15) is 0 Å². The van der Waals surface area contributed by atoms with Gasteiger partial charge in [-0.2, -0.15) is 11.1 Å². The van der Waals surface area contributed by atoms with Gasteiger partial charge in [-0.3, -0.25) is 0 Å². The minimum absolute atomic E-state index is 0.679. The lowest BCUT2D eigenvalue weighted by atomic mass is 10.5. The molecular formula is C14H33ClOSi2. The Morgan fingerprint density at radius 2 is 1.28 bits per heavy atom. The molecule has 0 aliphatic heterocycles. The molecule has 110 valence electrons. The molecule has 0 aromatic rings. The molecule has 0 aliphatic rings. The van der Waals surface area contributed by atoms with Gasteiger partial charge in [-0.05, 0) is 29.1 Å². The van der Waals surface area contributed by atoms with Crippen LogP contribution in [-0.2, 0) is 4.43 Å². The van der Waals surface area contributed by atoms with Crippen molar-refractivity contribution in [1.29, 1.82) is 0 Å². The molecule has 0 unspecified atom stereocenters. The van der Waals surface area contributed by atoms with Gasteiger partial charge in [0.15, 0.2) is 15.7 Å². The third-order valence-electron chi connectivity index (χ3n) is 3.97. The highest BCUT2D eigenvalue weighted by Gasteiger charge is 2.44. The van der Waals surface area contributed by atoms with Crippen LogP contribution in [0.25, 0.3) is 0 Å². The van der Waals surface area contributed by atoms with Crippen molar-refractivity contribution in [3.05, 3.63) is 0 Å². The van der Waals surface area contributed by atoms with Gasteiger partial charge in [-0.25, -0.2) is 0 Å². The van der Waals surface area contributed by atoms with Gasteiger partial charge in [0.05, 0.1) is 0 Å². The molecule has 0 rings (SSSR count). The topological polar surface area (TPSA) is 9.23 Å². The quantitative estimate of drug-likeness (QED) is 0.303. The van der Waals surface area contributed by atoms with E-state index in [9.17, 15) is 0 Å². The van der Waals surface area contributed by atoms with Gasteiger partial charge < -0.3 is 4.43 Å². The second kappa shape index (κ2) is 7.46. The molecular weight excluding hydrogens is 276 g/mol. The first-order valence-corrected chi connectivity index (χ1v) is 13.7. The molecule has 0 heterocycles. The summed E-state index contributed by atoms with van der Waals surface area (Å²) < 4.78 is 6.51. The highest BCUT2D eigenvalue weighted by Crippen LogP contribution is 2.42. The zero-order valence-corrected chi connectivity index (χ0v) is 16.4. The van der Waals surface area contributed by atoms with Crippen LogP contribution in [0.5, 0.6) is 0 Å². The first kappa shape index (κ1) is 18.7. The van der Waals surface area contributed by atoms with E-state index in [0.29, 0.717) is 16.6 Å². The fraction of sp³-hybridized carbons (Fsp3) is 1.00. The molecule has 0 bridgehead atoms. The van der Waals surface area contributed by atoms with E-state index in [2.05, 4.69) is 54.6 Å². The largest absolute Gasteiger partial charge is 0.416 e. The van der Waals surface area contributed by atoms with E-state index in [1.807, 2.05) is 0 Å². The van der Waals surface area contributed by atoms with Gasteiger partial charge in [0.25, 0.3) is 0 Å². The average molecular weight is 309 g/mol. The predicted molar refractivity (Wildman–Crippen MR) is 89.8 cm³/mol. The highest BCUT2D eigenvalue weighted by atomic mass is 35.6. The van der Waals surface area contributed by atoms with Crippen LogP contribution in [0.4, 0.5) is 0 Å². The lowest BCUT2D eigenvalue weighted by molar-refractivity contribution is 0.277. The maximum atomic E-state index is 6.51. The van der Waals surface area contributed by atoms with Crippen LogP contribution in [0.2, 0.25) is 35.8 Å². The Balaban J connectivity index is 4.53. The molecule has 0 aromatic carbocycles. The average Bonchev–Trinajstić information content (AvgIpc) is 2.13. The first-order valence-electron chi connectivity index (χ1n) is 7.37. The summed E-state index contributed by atoms with van der Waals surface area (Å²) in [4.78, 5) is 0. The van der Waals surface area contributed by atoms with E-state index in [-0.39, 0.29) is 0 Å². The third-order valence-corrected chi connectivity index (χ3v) is 12.2. The maximum Gasteiger partial charge on any atom is 0.200 e. The number of hydrogen-bond donors (Lipinski definition) is 0. The Hall–Kier alpha value is 0.684. The molecule has 0 saturated carbocycles. The van der Waals surface area contributed by atoms with E-state index in [4.69, 9.17) is 15.5 Å². The summed E-state index contributed by atoms with van der Waals surface area (Å²) in [5, 5.41) is 0. The molecule has 0 atom stereocenters. The van der Waals surface area contributed by atoms with Crippen molar-refractivity contribution in [2.24, 2.45) is 0 Å². The van der Waals surface area contributed by atoms with Gasteiger partial charge in [0, 0.05) is 6.61 Å². The monoisotopic (exact) mass is 308 g/mol. The fourth-order valence-corrected chi connectivity index (χ4v) is 10.1. The van der Waals surface area contributed by atoms with Crippen LogP contribution in [0, 0.1) is 0 Å². The van der Waals surface area contributed by atoms with Crippen molar-refractivity contribution in [3.63, 3.8) is 0 Å². The molecule has 0 aromatic heterocycles. The van der Waals surface area contributed by atoms with Crippen molar-refractivity contribution >= 4 is 26.8 Å². The summed E-state index contributed by atoms with van der Waals surface area (Å²) in [6, 6.07) is 1.16. The second-order valence-corrected chi connectivity index (χ2v) is 19.5. The summed E-state index contributed by atoms with van der Waals surface area (Å²) in [7, 11) is -3.08. The molecule has 1 nitrogen and oxygen atoms in total. The van der Waals surface area contributed by atoms with Crippen LogP contribution in [0.15, 0.2) is 0 Å². The smallest absolute Gasteiger partial charge is 0.200 e. The predicted octanol–water partition coefficient (Wildman–Crippen LogP) is 6.01.